The molecule has 1 saturated carbocycles. The summed E-state index contributed by atoms with van der Waals surface area (Å²) in [7, 11) is 0. The highest BCUT2D eigenvalue weighted by Crippen LogP contribution is 2.31. The predicted molar refractivity (Wildman–Crippen MR) is 63.3 cm³/mol. The number of rotatable bonds is 6. The van der Waals surface area contributed by atoms with Crippen molar-refractivity contribution in [1.82, 2.24) is 15.3 Å². The Bertz CT molecular complexity index is 395. The van der Waals surface area contributed by atoms with Gasteiger partial charge in [0.2, 0.25) is 0 Å². The van der Waals surface area contributed by atoms with E-state index >= 15 is 0 Å². The Hall–Kier alpha value is -1.16. The third-order valence-corrected chi connectivity index (χ3v) is 2.76. The standard InChI is InChI=1S/C12H19N3O/c1-2-5-13-8-10-7-12(16)15-11(14-10)6-9-3-4-9/h7,9,13H,2-6,8H2,1H3,(H,14,15,16). The lowest BCUT2D eigenvalue weighted by Crippen LogP contribution is -2.19. The van der Waals surface area contributed by atoms with Crippen molar-refractivity contribution in [3.05, 3.63) is 27.9 Å². The van der Waals surface area contributed by atoms with Gasteiger partial charge in [-0.25, -0.2) is 4.98 Å². The van der Waals surface area contributed by atoms with Gasteiger partial charge < -0.3 is 10.3 Å². The highest BCUT2D eigenvalue weighted by Gasteiger charge is 2.22. The minimum Gasteiger partial charge on any atom is -0.311 e. The number of aromatic nitrogens is 2. The molecule has 1 aromatic rings. The topological polar surface area (TPSA) is 57.8 Å². The van der Waals surface area contributed by atoms with Crippen LogP contribution in [0.15, 0.2) is 10.9 Å². The summed E-state index contributed by atoms with van der Waals surface area (Å²) in [5.74, 6) is 1.60. The van der Waals surface area contributed by atoms with Crippen LogP contribution in [-0.4, -0.2) is 16.5 Å². The molecule has 2 N–H and O–H groups in total. The molecule has 1 fully saturated rings. The number of hydrogen-bond donors (Lipinski definition) is 2. The quantitative estimate of drug-likeness (QED) is 0.710. The lowest BCUT2D eigenvalue weighted by Gasteiger charge is -2.04. The molecule has 4 nitrogen and oxygen atoms in total. The number of aromatic amines is 1. The molecule has 16 heavy (non-hydrogen) atoms. The smallest absolute Gasteiger partial charge is 0.251 e. The van der Waals surface area contributed by atoms with Gasteiger partial charge in [-0.15, -0.1) is 0 Å². The van der Waals surface area contributed by atoms with Crippen LogP contribution in [0.4, 0.5) is 0 Å². The molecular weight excluding hydrogens is 202 g/mol. The van der Waals surface area contributed by atoms with Gasteiger partial charge in [0.05, 0.1) is 5.69 Å². The van der Waals surface area contributed by atoms with E-state index in [-0.39, 0.29) is 5.56 Å². The fourth-order valence-corrected chi connectivity index (χ4v) is 1.74. The molecule has 2 rings (SSSR count). The first-order valence-electron chi connectivity index (χ1n) is 6.07. The first kappa shape index (κ1) is 11.3. The zero-order valence-electron chi connectivity index (χ0n) is 9.75. The average Bonchev–Trinajstić information content (AvgIpc) is 3.01. The molecule has 1 heterocycles. The maximum Gasteiger partial charge on any atom is 0.251 e. The van der Waals surface area contributed by atoms with Crippen molar-refractivity contribution >= 4 is 0 Å². The molecule has 0 amide bonds. The highest BCUT2D eigenvalue weighted by molar-refractivity contribution is 5.04. The monoisotopic (exact) mass is 221 g/mol. The lowest BCUT2D eigenvalue weighted by atomic mass is 10.2. The van der Waals surface area contributed by atoms with Gasteiger partial charge >= 0.3 is 0 Å². The molecule has 0 unspecified atom stereocenters. The fourth-order valence-electron chi connectivity index (χ4n) is 1.74. The Morgan fingerprint density at radius 1 is 1.56 bits per heavy atom. The van der Waals surface area contributed by atoms with Crippen LogP contribution in [0.25, 0.3) is 0 Å². The SMILES string of the molecule is CCCNCc1cc(=O)[nH]c(CC2CC2)n1. The molecule has 0 bridgehead atoms. The van der Waals surface area contributed by atoms with Crippen molar-refractivity contribution in [3.63, 3.8) is 0 Å². The predicted octanol–water partition coefficient (Wildman–Crippen LogP) is 1.22. The molecule has 1 aliphatic carbocycles. The van der Waals surface area contributed by atoms with Crippen LogP contribution in [0.2, 0.25) is 0 Å². The van der Waals surface area contributed by atoms with Crippen LogP contribution in [0.1, 0.15) is 37.7 Å². The average molecular weight is 221 g/mol. The zero-order valence-corrected chi connectivity index (χ0v) is 9.75. The van der Waals surface area contributed by atoms with E-state index in [0.717, 1.165) is 36.8 Å². The van der Waals surface area contributed by atoms with Crippen molar-refractivity contribution in [2.75, 3.05) is 6.54 Å². The Morgan fingerprint density at radius 2 is 2.38 bits per heavy atom. The van der Waals surface area contributed by atoms with E-state index < -0.39 is 0 Å². The van der Waals surface area contributed by atoms with Gasteiger partial charge in [-0.3, -0.25) is 4.79 Å². The fraction of sp³-hybridized carbons (Fsp3) is 0.667. The summed E-state index contributed by atoms with van der Waals surface area (Å²) < 4.78 is 0. The number of hydrogen-bond acceptors (Lipinski definition) is 3. The van der Waals surface area contributed by atoms with Crippen LogP contribution in [0.3, 0.4) is 0 Å². The van der Waals surface area contributed by atoms with Crippen LogP contribution in [-0.2, 0) is 13.0 Å². The van der Waals surface area contributed by atoms with Crippen LogP contribution in [0, 0.1) is 5.92 Å². The van der Waals surface area contributed by atoms with Crippen LogP contribution >= 0.6 is 0 Å². The van der Waals surface area contributed by atoms with Crippen molar-refractivity contribution in [3.8, 4) is 0 Å². The number of nitrogens with zero attached hydrogens (tertiary/aromatic N) is 1. The van der Waals surface area contributed by atoms with E-state index in [9.17, 15) is 4.79 Å². The Kier molecular flexibility index (Phi) is 3.72. The summed E-state index contributed by atoms with van der Waals surface area (Å²) in [5, 5.41) is 3.26. The summed E-state index contributed by atoms with van der Waals surface area (Å²) >= 11 is 0. The van der Waals surface area contributed by atoms with Gasteiger partial charge in [0.1, 0.15) is 5.82 Å². The zero-order chi connectivity index (χ0) is 11.4. The molecule has 0 saturated heterocycles. The minimum atomic E-state index is -0.0288. The maximum absolute atomic E-state index is 11.4. The largest absolute Gasteiger partial charge is 0.311 e. The minimum absolute atomic E-state index is 0.0288. The Morgan fingerprint density at radius 3 is 3.06 bits per heavy atom. The molecule has 88 valence electrons. The molecule has 0 radical (unpaired) electrons. The van der Waals surface area contributed by atoms with Crippen molar-refractivity contribution < 1.29 is 0 Å². The van der Waals surface area contributed by atoms with Gasteiger partial charge in [-0.05, 0) is 31.7 Å². The first-order chi connectivity index (χ1) is 7.78. The highest BCUT2D eigenvalue weighted by atomic mass is 16.1. The molecule has 0 aromatic carbocycles. The second-order valence-corrected chi connectivity index (χ2v) is 4.51. The Labute approximate surface area is 95.5 Å². The van der Waals surface area contributed by atoms with Crippen LogP contribution < -0.4 is 10.9 Å². The lowest BCUT2D eigenvalue weighted by molar-refractivity contribution is 0.652. The van der Waals surface area contributed by atoms with E-state index in [2.05, 4.69) is 22.2 Å². The van der Waals surface area contributed by atoms with Gasteiger partial charge in [0.15, 0.2) is 0 Å². The van der Waals surface area contributed by atoms with E-state index in [1.165, 1.54) is 12.8 Å². The normalized spacial score (nSPS) is 15.3. The molecular formula is C12H19N3O. The first-order valence-corrected chi connectivity index (χ1v) is 6.07. The third kappa shape index (κ3) is 3.45. The molecule has 1 aromatic heterocycles. The van der Waals surface area contributed by atoms with Crippen molar-refractivity contribution in [1.29, 1.82) is 0 Å². The number of nitrogens with one attached hydrogen (secondary N) is 2. The van der Waals surface area contributed by atoms with Gasteiger partial charge in [0.25, 0.3) is 5.56 Å². The molecule has 0 aliphatic heterocycles. The van der Waals surface area contributed by atoms with Crippen molar-refractivity contribution in [2.24, 2.45) is 5.92 Å². The summed E-state index contributed by atoms with van der Waals surface area (Å²) in [5.41, 5.74) is 0.826. The van der Waals surface area contributed by atoms with E-state index in [1.807, 2.05) is 0 Å². The summed E-state index contributed by atoms with van der Waals surface area (Å²) in [4.78, 5) is 18.7. The Balaban J connectivity index is 1.99. The van der Waals surface area contributed by atoms with Gasteiger partial charge in [-0.2, -0.15) is 0 Å². The molecule has 1 aliphatic rings. The summed E-state index contributed by atoms with van der Waals surface area (Å²) in [6.07, 6.45) is 4.58. The summed E-state index contributed by atoms with van der Waals surface area (Å²) in [6, 6.07) is 1.58. The third-order valence-electron chi connectivity index (χ3n) is 2.76. The second-order valence-electron chi connectivity index (χ2n) is 4.51. The van der Waals surface area contributed by atoms with E-state index in [0.29, 0.717) is 6.54 Å². The second kappa shape index (κ2) is 5.25. The molecule has 0 spiro atoms. The van der Waals surface area contributed by atoms with Gasteiger partial charge in [-0.1, -0.05) is 6.92 Å². The van der Waals surface area contributed by atoms with E-state index in [1.54, 1.807) is 6.07 Å². The summed E-state index contributed by atoms with van der Waals surface area (Å²) in [6.45, 7) is 3.78. The maximum atomic E-state index is 11.4. The molecule has 4 heteroatoms. The van der Waals surface area contributed by atoms with Gasteiger partial charge in [0, 0.05) is 19.0 Å². The number of H-pyrrole nitrogens is 1. The van der Waals surface area contributed by atoms with Crippen molar-refractivity contribution in [2.45, 2.75) is 39.2 Å². The molecule has 0 atom stereocenters. The van der Waals surface area contributed by atoms with Crippen LogP contribution in [0.5, 0.6) is 0 Å². The van der Waals surface area contributed by atoms with E-state index in [4.69, 9.17) is 0 Å².